The zero-order chi connectivity index (χ0) is 15.4. The normalized spacial score (nSPS) is 29.0. The van der Waals surface area contributed by atoms with E-state index in [-0.39, 0.29) is 12.4 Å². The van der Waals surface area contributed by atoms with Gasteiger partial charge in [-0.25, -0.2) is 0 Å². The number of nitrogens with one attached hydrogen (secondary N) is 2. The first kappa shape index (κ1) is 19.0. The molecule has 0 aromatic heterocycles. The molecule has 0 bridgehead atoms. The lowest BCUT2D eigenvalue weighted by molar-refractivity contribution is 0.0513. The third-order valence-corrected chi connectivity index (χ3v) is 5.08. The van der Waals surface area contributed by atoms with E-state index in [1.54, 1.807) is 0 Å². The summed E-state index contributed by atoms with van der Waals surface area (Å²) in [5.41, 5.74) is 0.869. The first-order chi connectivity index (χ1) is 10.7. The Labute approximate surface area is 149 Å². The summed E-state index contributed by atoms with van der Waals surface area (Å²) in [4.78, 5) is 0. The molecule has 1 aromatic rings. The van der Waals surface area contributed by atoms with Crippen molar-refractivity contribution >= 4 is 24.0 Å². The average molecular weight is 361 g/mol. The Morgan fingerprint density at radius 2 is 2.26 bits per heavy atom. The first-order valence-corrected chi connectivity index (χ1v) is 8.60. The van der Waals surface area contributed by atoms with Gasteiger partial charge in [0.1, 0.15) is 0 Å². The zero-order valence-corrected chi connectivity index (χ0v) is 14.8. The topological polar surface area (TPSA) is 53.5 Å². The van der Waals surface area contributed by atoms with Gasteiger partial charge in [0.15, 0.2) is 0 Å². The number of ether oxygens (including phenoxy) is 1. The van der Waals surface area contributed by atoms with E-state index < -0.39 is 6.10 Å². The number of hydrogen-bond donors (Lipinski definition) is 3. The van der Waals surface area contributed by atoms with Crippen molar-refractivity contribution < 1.29 is 9.84 Å². The summed E-state index contributed by atoms with van der Waals surface area (Å²) in [6.45, 7) is 3.13. The van der Waals surface area contributed by atoms with Crippen molar-refractivity contribution in [2.75, 3.05) is 26.3 Å². The second-order valence-corrected chi connectivity index (χ2v) is 6.75. The molecule has 6 heteroatoms. The van der Waals surface area contributed by atoms with Crippen LogP contribution in [-0.4, -0.2) is 43.5 Å². The molecule has 23 heavy (non-hydrogen) atoms. The molecule has 0 amide bonds. The number of hydrogen-bond acceptors (Lipinski definition) is 4. The lowest BCUT2D eigenvalue weighted by atomic mass is 9.93. The van der Waals surface area contributed by atoms with Crippen molar-refractivity contribution in [1.29, 1.82) is 0 Å². The minimum absolute atomic E-state index is 0. The highest BCUT2D eigenvalue weighted by Gasteiger charge is 2.34. The predicted molar refractivity (Wildman–Crippen MR) is 95.4 cm³/mol. The molecule has 1 aliphatic heterocycles. The second kappa shape index (κ2) is 9.21. The quantitative estimate of drug-likeness (QED) is 0.755. The Kier molecular flexibility index (Phi) is 7.60. The van der Waals surface area contributed by atoms with Crippen LogP contribution in [0.5, 0.6) is 0 Å². The average Bonchev–Trinajstić information content (AvgIpc) is 3.02. The summed E-state index contributed by atoms with van der Waals surface area (Å²) in [6.07, 6.45) is 3.13. The van der Waals surface area contributed by atoms with E-state index in [1.165, 1.54) is 19.3 Å². The van der Waals surface area contributed by atoms with Gasteiger partial charge < -0.3 is 20.5 Å². The summed E-state index contributed by atoms with van der Waals surface area (Å²) in [5, 5.41) is 18.1. The molecule has 4 nitrogen and oxygen atoms in total. The molecule has 2 fully saturated rings. The fourth-order valence-electron chi connectivity index (χ4n) is 3.68. The van der Waals surface area contributed by atoms with E-state index in [0.29, 0.717) is 29.6 Å². The maximum absolute atomic E-state index is 10.3. The van der Waals surface area contributed by atoms with Crippen LogP contribution in [0.15, 0.2) is 24.3 Å². The van der Waals surface area contributed by atoms with Crippen LogP contribution in [-0.2, 0) is 4.74 Å². The molecule has 3 N–H and O–H groups in total. The Bertz CT molecular complexity index is 483. The molecule has 130 valence electrons. The van der Waals surface area contributed by atoms with Crippen LogP contribution >= 0.6 is 24.0 Å². The van der Waals surface area contributed by atoms with Crippen molar-refractivity contribution in [2.45, 2.75) is 37.5 Å². The maximum Gasteiger partial charge on any atom is 0.0914 e. The number of aliphatic hydroxyl groups is 1. The van der Waals surface area contributed by atoms with Crippen LogP contribution in [0, 0.1) is 5.92 Å². The smallest absolute Gasteiger partial charge is 0.0914 e. The SMILES string of the molecule is Cl.OC(CNC1CCCC1C1COCCN1)c1cccc(Cl)c1. The van der Waals surface area contributed by atoms with Crippen LogP contribution < -0.4 is 10.6 Å². The lowest BCUT2D eigenvalue weighted by Crippen LogP contribution is -2.51. The van der Waals surface area contributed by atoms with Crippen LogP contribution in [0.1, 0.15) is 30.9 Å². The number of rotatable bonds is 5. The van der Waals surface area contributed by atoms with E-state index >= 15 is 0 Å². The predicted octanol–water partition coefficient (Wildman–Crippen LogP) is 2.54. The molecular weight excluding hydrogens is 335 g/mol. The van der Waals surface area contributed by atoms with E-state index in [1.807, 2.05) is 24.3 Å². The van der Waals surface area contributed by atoms with Gasteiger partial charge in [-0.1, -0.05) is 30.2 Å². The largest absolute Gasteiger partial charge is 0.387 e. The molecule has 1 aromatic carbocycles. The van der Waals surface area contributed by atoms with E-state index in [9.17, 15) is 5.11 Å². The zero-order valence-electron chi connectivity index (χ0n) is 13.2. The van der Waals surface area contributed by atoms with Gasteiger partial charge in [-0.3, -0.25) is 0 Å². The third kappa shape index (κ3) is 5.05. The maximum atomic E-state index is 10.3. The Balaban J connectivity index is 0.00000192. The molecule has 1 saturated carbocycles. The molecule has 0 radical (unpaired) electrons. The Morgan fingerprint density at radius 3 is 3.00 bits per heavy atom. The first-order valence-electron chi connectivity index (χ1n) is 8.22. The van der Waals surface area contributed by atoms with Crippen molar-refractivity contribution in [1.82, 2.24) is 10.6 Å². The van der Waals surface area contributed by atoms with Gasteiger partial charge >= 0.3 is 0 Å². The minimum atomic E-state index is -0.518. The molecule has 2 aliphatic rings. The minimum Gasteiger partial charge on any atom is -0.387 e. The highest BCUT2D eigenvalue weighted by Crippen LogP contribution is 2.30. The van der Waals surface area contributed by atoms with Gasteiger partial charge in [-0.2, -0.15) is 0 Å². The molecule has 1 saturated heterocycles. The molecule has 1 aliphatic carbocycles. The number of morpholine rings is 1. The number of halogens is 2. The standard InChI is InChI=1S/C17H25ClN2O2.ClH/c18-13-4-1-3-12(9-13)17(21)10-20-15-6-2-5-14(15)16-11-22-8-7-19-16;/h1,3-4,9,14-17,19-21H,2,5-8,10-11H2;1H. The van der Waals surface area contributed by atoms with Crippen molar-refractivity contribution in [3.63, 3.8) is 0 Å². The Morgan fingerprint density at radius 1 is 1.39 bits per heavy atom. The fourth-order valence-corrected chi connectivity index (χ4v) is 3.88. The van der Waals surface area contributed by atoms with Gasteiger partial charge in [-0.05, 0) is 36.5 Å². The number of benzene rings is 1. The van der Waals surface area contributed by atoms with Crippen LogP contribution in [0.2, 0.25) is 5.02 Å². The fraction of sp³-hybridized carbons (Fsp3) is 0.647. The second-order valence-electron chi connectivity index (χ2n) is 6.32. The van der Waals surface area contributed by atoms with Crippen LogP contribution in [0.3, 0.4) is 0 Å². The third-order valence-electron chi connectivity index (χ3n) is 4.84. The van der Waals surface area contributed by atoms with Gasteiger partial charge in [0.2, 0.25) is 0 Å². The summed E-state index contributed by atoms with van der Waals surface area (Å²) in [6, 6.07) is 8.34. The molecular formula is C17H26Cl2N2O2. The van der Waals surface area contributed by atoms with Crippen molar-refractivity contribution in [3.8, 4) is 0 Å². The summed E-state index contributed by atoms with van der Waals surface area (Å²) >= 11 is 5.99. The molecule has 4 unspecified atom stereocenters. The monoisotopic (exact) mass is 360 g/mol. The molecule has 0 spiro atoms. The van der Waals surface area contributed by atoms with Gasteiger partial charge in [-0.15, -0.1) is 12.4 Å². The van der Waals surface area contributed by atoms with Gasteiger partial charge in [0.25, 0.3) is 0 Å². The highest BCUT2D eigenvalue weighted by molar-refractivity contribution is 6.30. The molecule has 3 rings (SSSR count). The summed E-state index contributed by atoms with van der Waals surface area (Å²) in [5.74, 6) is 0.590. The van der Waals surface area contributed by atoms with E-state index in [4.69, 9.17) is 16.3 Å². The summed E-state index contributed by atoms with van der Waals surface area (Å²) < 4.78 is 5.60. The number of aliphatic hydroxyl groups excluding tert-OH is 1. The van der Waals surface area contributed by atoms with Crippen molar-refractivity contribution in [3.05, 3.63) is 34.9 Å². The lowest BCUT2D eigenvalue weighted by Gasteiger charge is -2.33. The van der Waals surface area contributed by atoms with Gasteiger partial charge in [0, 0.05) is 30.2 Å². The van der Waals surface area contributed by atoms with E-state index in [0.717, 1.165) is 25.3 Å². The van der Waals surface area contributed by atoms with Crippen LogP contribution in [0.4, 0.5) is 0 Å². The van der Waals surface area contributed by atoms with Crippen LogP contribution in [0.25, 0.3) is 0 Å². The highest BCUT2D eigenvalue weighted by atomic mass is 35.5. The summed E-state index contributed by atoms with van der Waals surface area (Å²) in [7, 11) is 0. The van der Waals surface area contributed by atoms with E-state index in [2.05, 4.69) is 10.6 Å². The van der Waals surface area contributed by atoms with Crippen molar-refractivity contribution in [2.24, 2.45) is 5.92 Å². The molecule has 1 heterocycles. The van der Waals surface area contributed by atoms with Gasteiger partial charge in [0.05, 0.1) is 19.3 Å². The molecule has 4 atom stereocenters. The Hall–Kier alpha value is -0.360.